The number of rotatable bonds is 2. The average molecular weight is 237 g/mol. The first-order valence-electron chi connectivity index (χ1n) is 4.94. The second-order valence-electron chi connectivity index (χ2n) is 3.57. The molecule has 0 fully saturated rings. The number of benzene rings is 1. The number of hydrogen-bond donors (Lipinski definition) is 1. The summed E-state index contributed by atoms with van der Waals surface area (Å²) >= 11 is 0. The topological polar surface area (TPSA) is 50.2 Å². The minimum atomic E-state index is -0.932. The molecule has 0 atom stereocenters. The fraction of sp³-hybridized carbons (Fsp3) is 0.0769. The van der Waals surface area contributed by atoms with E-state index >= 15 is 0 Å². The van der Waals surface area contributed by atoms with Gasteiger partial charge in [-0.3, -0.25) is 4.98 Å². The second kappa shape index (κ2) is 5.96. The van der Waals surface area contributed by atoms with Crippen LogP contribution in [0.5, 0.6) is 0 Å². The van der Waals surface area contributed by atoms with Crippen molar-refractivity contribution in [1.82, 2.24) is 4.98 Å². The molecule has 4 heteroatoms. The molecule has 3 nitrogen and oxygen atoms in total. The number of carboxylic acid groups (broad SMARTS) is 1. The van der Waals surface area contributed by atoms with E-state index in [9.17, 15) is 4.79 Å². The number of carbonyl (C=O) groups is 1. The predicted octanol–water partition coefficient (Wildman–Crippen LogP) is 2.11. The summed E-state index contributed by atoms with van der Waals surface area (Å²) in [5.41, 5.74) is 2.66. The molecule has 17 heavy (non-hydrogen) atoms. The first kappa shape index (κ1) is 13.9. The molecule has 0 saturated carbocycles. The standard InChI is InChI=1S/C13H11NO2.Na.H/c1-9-6-7-12(14-8-9)10-4-2-3-5-11(10)13(15)16;;/h2-8H,1H3,(H,15,16);;. The van der Waals surface area contributed by atoms with E-state index in [1.54, 1.807) is 24.4 Å². The molecular weight excluding hydrogens is 225 g/mol. The van der Waals surface area contributed by atoms with E-state index in [1.165, 1.54) is 0 Å². The molecule has 2 rings (SSSR count). The number of pyridine rings is 1. The van der Waals surface area contributed by atoms with Crippen LogP contribution in [0.25, 0.3) is 11.3 Å². The Balaban J connectivity index is 0.00000144. The van der Waals surface area contributed by atoms with Crippen molar-refractivity contribution in [3.63, 3.8) is 0 Å². The van der Waals surface area contributed by atoms with Gasteiger partial charge < -0.3 is 5.11 Å². The van der Waals surface area contributed by atoms with Gasteiger partial charge in [-0.2, -0.15) is 0 Å². The molecule has 82 valence electrons. The molecule has 0 bridgehead atoms. The van der Waals surface area contributed by atoms with Crippen molar-refractivity contribution in [3.8, 4) is 11.3 Å². The Bertz CT molecular complexity index is 523. The van der Waals surface area contributed by atoms with Gasteiger partial charge in [0.1, 0.15) is 0 Å². The number of aromatic nitrogens is 1. The van der Waals surface area contributed by atoms with Crippen LogP contribution in [0.4, 0.5) is 0 Å². The Morgan fingerprint density at radius 2 is 1.88 bits per heavy atom. The van der Waals surface area contributed by atoms with E-state index in [-0.39, 0.29) is 35.1 Å². The van der Waals surface area contributed by atoms with Crippen LogP contribution in [0.1, 0.15) is 15.9 Å². The van der Waals surface area contributed by atoms with E-state index < -0.39 is 5.97 Å². The van der Waals surface area contributed by atoms with Gasteiger partial charge in [-0.15, -0.1) is 0 Å². The van der Waals surface area contributed by atoms with E-state index in [0.29, 0.717) is 11.3 Å². The van der Waals surface area contributed by atoms with Crippen LogP contribution in [-0.2, 0) is 0 Å². The Hall–Kier alpha value is -1.16. The summed E-state index contributed by atoms with van der Waals surface area (Å²) < 4.78 is 0. The molecule has 0 amide bonds. The third-order valence-electron chi connectivity index (χ3n) is 2.34. The van der Waals surface area contributed by atoms with Gasteiger partial charge in [0.15, 0.2) is 0 Å². The second-order valence-corrected chi connectivity index (χ2v) is 3.57. The van der Waals surface area contributed by atoms with E-state index in [2.05, 4.69) is 4.98 Å². The van der Waals surface area contributed by atoms with E-state index in [4.69, 9.17) is 5.11 Å². The SMILES string of the molecule is Cc1ccc(-c2ccccc2C(=O)O)nc1.[NaH]. The summed E-state index contributed by atoms with van der Waals surface area (Å²) in [5, 5.41) is 9.05. The molecule has 0 aliphatic heterocycles. The van der Waals surface area contributed by atoms with Crippen molar-refractivity contribution in [2.45, 2.75) is 6.92 Å². The van der Waals surface area contributed by atoms with Crippen molar-refractivity contribution >= 4 is 35.5 Å². The molecular formula is C13H12NNaO2. The Morgan fingerprint density at radius 3 is 2.47 bits per heavy atom. The Morgan fingerprint density at radius 1 is 1.18 bits per heavy atom. The van der Waals surface area contributed by atoms with Crippen molar-refractivity contribution in [2.24, 2.45) is 0 Å². The Labute approximate surface area is 122 Å². The molecule has 2 aromatic rings. The minimum absolute atomic E-state index is 0. The number of aromatic carboxylic acids is 1. The predicted molar refractivity (Wildman–Crippen MR) is 68.5 cm³/mol. The zero-order valence-electron chi connectivity index (χ0n) is 8.84. The molecule has 1 heterocycles. The van der Waals surface area contributed by atoms with Gasteiger partial charge in [-0.1, -0.05) is 24.3 Å². The van der Waals surface area contributed by atoms with Crippen LogP contribution in [0.15, 0.2) is 42.6 Å². The zero-order chi connectivity index (χ0) is 11.5. The summed E-state index contributed by atoms with van der Waals surface area (Å²) in [6.07, 6.45) is 1.73. The average Bonchev–Trinajstić information content (AvgIpc) is 2.30. The van der Waals surface area contributed by atoms with Gasteiger partial charge in [-0.05, 0) is 24.6 Å². The molecule has 0 unspecified atom stereocenters. The van der Waals surface area contributed by atoms with Crippen LogP contribution in [0.2, 0.25) is 0 Å². The van der Waals surface area contributed by atoms with E-state index in [0.717, 1.165) is 5.56 Å². The van der Waals surface area contributed by atoms with Gasteiger partial charge in [0.05, 0.1) is 11.3 Å². The Kier molecular flexibility index (Phi) is 4.87. The van der Waals surface area contributed by atoms with Crippen LogP contribution < -0.4 is 0 Å². The number of nitrogens with zero attached hydrogens (tertiary/aromatic N) is 1. The summed E-state index contributed by atoms with van der Waals surface area (Å²) in [4.78, 5) is 15.3. The molecule has 1 aromatic carbocycles. The van der Waals surface area contributed by atoms with Gasteiger partial charge in [-0.25, -0.2) is 4.79 Å². The van der Waals surface area contributed by atoms with Gasteiger partial charge in [0.25, 0.3) is 0 Å². The number of aryl methyl sites for hydroxylation is 1. The molecule has 1 aromatic heterocycles. The fourth-order valence-electron chi connectivity index (χ4n) is 1.52. The fourth-order valence-corrected chi connectivity index (χ4v) is 1.52. The molecule has 0 spiro atoms. The van der Waals surface area contributed by atoms with Crippen LogP contribution >= 0.6 is 0 Å². The third kappa shape index (κ3) is 3.16. The normalized spacial score (nSPS) is 9.47. The van der Waals surface area contributed by atoms with Gasteiger partial charge in [0.2, 0.25) is 0 Å². The van der Waals surface area contributed by atoms with E-state index in [1.807, 2.05) is 25.1 Å². The molecule has 0 aliphatic carbocycles. The number of hydrogen-bond acceptors (Lipinski definition) is 2. The molecule has 0 radical (unpaired) electrons. The van der Waals surface area contributed by atoms with Crippen molar-refractivity contribution in [3.05, 3.63) is 53.7 Å². The maximum absolute atomic E-state index is 11.0. The van der Waals surface area contributed by atoms with Gasteiger partial charge >= 0.3 is 35.5 Å². The van der Waals surface area contributed by atoms with Gasteiger partial charge in [0, 0.05) is 11.8 Å². The van der Waals surface area contributed by atoms with Crippen LogP contribution in [-0.4, -0.2) is 45.6 Å². The monoisotopic (exact) mass is 237 g/mol. The maximum atomic E-state index is 11.0. The van der Waals surface area contributed by atoms with Crippen LogP contribution in [0.3, 0.4) is 0 Å². The first-order valence-corrected chi connectivity index (χ1v) is 4.94. The first-order chi connectivity index (χ1) is 7.68. The molecule has 0 aliphatic rings. The summed E-state index contributed by atoms with van der Waals surface area (Å²) in [7, 11) is 0. The van der Waals surface area contributed by atoms with Crippen LogP contribution in [0, 0.1) is 6.92 Å². The quantitative estimate of drug-likeness (QED) is 0.814. The summed E-state index contributed by atoms with van der Waals surface area (Å²) in [5.74, 6) is -0.932. The zero-order valence-corrected chi connectivity index (χ0v) is 8.84. The molecule has 0 saturated heterocycles. The molecule has 1 N–H and O–H groups in total. The number of carboxylic acids is 1. The third-order valence-corrected chi connectivity index (χ3v) is 2.34. The summed E-state index contributed by atoms with van der Waals surface area (Å²) in [6.45, 7) is 1.94. The van der Waals surface area contributed by atoms with Crippen molar-refractivity contribution < 1.29 is 9.90 Å². The summed E-state index contributed by atoms with van der Waals surface area (Å²) in [6, 6.07) is 10.6. The van der Waals surface area contributed by atoms with Crippen molar-refractivity contribution in [1.29, 1.82) is 0 Å². The van der Waals surface area contributed by atoms with Crippen molar-refractivity contribution in [2.75, 3.05) is 0 Å².